The average molecular weight is 353 g/mol. The van der Waals surface area contributed by atoms with Crippen LogP contribution >= 0.6 is 0 Å². The van der Waals surface area contributed by atoms with Gasteiger partial charge in [-0.2, -0.15) is 0 Å². The molecule has 2 aromatic carbocycles. The van der Waals surface area contributed by atoms with Crippen LogP contribution in [0.4, 0.5) is 0 Å². The van der Waals surface area contributed by atoms with Gasteiger partial charge in [0.1, 0.15) is 0 Å². The van der Waals surface area contributed by atoms with Gasteiger partial charge in [0, 0.05) is 0 Å². The van der Waals surface area contributed by atoms with Gasteiger partial charge in [0.05, 0.1) is 0 Å². The van der Waals surface area contributed by atoms with E-state index in [0.29, 0.717) is 10.8 Å². The van der Waals surface area contributed by atoms with Gasteiger partial charge in [0.2, 0.25) is 0 Å². The molecular weight excluding hydrogens is 312 g/mol. The smallest absolute Gasteiger partial charge is 0.0256 e. The highest BCUT2D eigenvalue weighted by Crippen LogP contribution is 2.40. The van der Waals surface area contributed by atoms with Crippen LogP contribution in [0, 0.1) is 17.8 Å². The van der Waals surface area contributed by atoms with Crippen LogP contribution in [0.3, 0.4) is 0 Å². The van der Waals surface area contributed by atoms with E-state index in [4.69, 9.17) is 0 Å². The van der Waals surface area contributed by atoms with Gasteiger partial charge < -0.3 is 0 Å². The summed E-state index contributed by atoms with van der Waals surface area (Å²) in [5, 5.41) is 0. The van der Waals surface area contributed by atoms with Crippen molar-refractivity contribution in [2.45, 2.75) is 68.7 Å². The third-order valence-electron chi connectivity index (χ3n) is 5.26. The molecule has 26 heavy (non-hydrogen) atoms. The SMILES string of the molecule is CC.CCC(C)(C)C(C)(C)C.Cc1ccc(/C=C/c2ccccc2)cc1. The van der Waals surface area contributed by atoms with Gasteiger partial charge in [-0.3, -0.25) is 0 Å². The summed E-state index contributed by atoms with van der Waals surface area (Å²) in [5.74, 6) is 0. The van der Waals surface area contributed by atoms with E-state index < -0.39 is 0 Å². The number of hydrogen-bond acceptors (Lipinski definition) is 0. The standard InChI is InChI=1S/C15H14.C9H20.C2H6/c1-13-7-9-15(10-8-13)12-11-14-5-3-2-4-6-14;1-7-9(5,6)8(2,3)4;1-2/h2-12H,1H3;7H2,1-6H3;1-2H3/b12-11+;;. The Bertz CT molecular complexity index is 607. The molecule has 0 aromatic heterocycles. The minimum Gasteiger partial charge on any atom is -0.0683 e. The highest BCUT2D eigenvalue weighted by atomic mass is 14.3. The first-order chi connectivity index (χ1) is 12.2. The van der Waals surface area contributed by atoms with E-state index in [0.717, 1.165) is 0 Å². The Morgan fingerprint density at radius 2 is 1.12 bits per heavy atom. The third kappa shape index (κ3) is 9.04. The Labute approximate surface area is 163 Å². The molecule has 0 spiro atoms. The lowest BCUT2D eigenvalue weighted by Gasteiger charge is -2.37. The molecule has 0 saturated heterocycles. The largest absolute Gasteiger partial charge is 0.0683 e. The summed E-state index contributed by atoms with van der Waals surface area (Å²) in [7, 11) is 0. The molecule has 0 saturated carbocycles. The highest BCUT2D eigenvalue weighted by molar-refractivity contribution is 5.69. The maximum absolute atomic E-state index is 2.33. The van der Waals surface area contributed by atoms with Crippen LogP contribution in [-0.4, -0.2) is 0 Å². The van der Waals surface area contributed by atoms with E-state index >= 15 is 0 Å². The fraction of sp³-hybridized carbons (Fsp3) is 0.462. The van der Waals surface area contributed by atoms with Crippen LogP contribution in [0.15, 0.2) is 54.6 Å². The highest BCUT2D eigenvalue weighted by Gasteiger charge is 2.30. The average Bonchev–Trinajstić information content (AvgIpc) is 2.63. The number of benzene rings is 2. The molecule has 2 rings (SSSR count). The van der Waals surface area contributed by atoms with Crippen molar-refractivity contribution in [2.24, 2.45) is 10.8 Å². The van der Waals surface area contributed by atoms with Crippen LogP contribution in [0.5, 0.6) is 0 Å². The first-order valence-electron chi connectivity index (χ1n) is 9.95. The van der Waals surface area contributed by atoms with Crippen LogP contribution in [0.25, 0.3) is 12.2 Å². The van der Waals surface area contributed by atoms with Gasteiger partial charge in [-0.05, 0) is 28.9 Å². The molecule has 0 unspecified atom stereocenters. The topological polar surface area (TPSA) is 0 Å². The van der Waals surface area contributed by atoms with Crippen molar-refractivity contribution < 1.29 is 0 Å². The Balaban J connectivity index is 0.000000492. The van der Waals surface area contributed by atoms with Crippen LogP contribution in [0.1, 0.15) is 78.5 Å². The molecule has 0 nitrogen and oxygen atoms in total. The predicted molar refractivity (Wildman–Crippen MR) is 121 cm³/mol. The Morgan fingerprint density at radius 3 is 1.46 bits per heavy atom. The van der Waals surface area contributed by atoms with Gasteiger partial charge in [0.25, 0.3) is 0 Å². The molecule has 0 radical (unpaired) electrons. The second kappa shape index (κ2) is 11.7. The first-order valence-corrected chi connectivity index (χ1v) is 9.95. The summed E-state index contributed by atoms with van der Waals surface area (Å²) in [6.07, 6.45) is 5.52. The molecule has 0 fully saturated rings. The maximum Gasteiger partial charge on any atom is -0.0256 e. The molecule has 0 bridgehead atoms. The first kappa shape index (κ1) is 24.2. The molecule has 0 aliphatic carbocycles. The number of aryl methyl sites for hydroxylation is 1. The lowest BCUT2D eigenvalue weighted by atomic mass is 9.68. The summed E-state index contributed by atoms with van der Waals surface area (Å²) < 4.78 is 0. The van der Waals surface area contributed by atoms with Gasteiger partial charge in [-0.25, -0.2) is 0 Å². The molecule has 0 amide bonds. The zero-order chi connectivity index (χ0) is 20.2. The molecule has 0 atom stereocenters. The van der Waals surface area contributed by atoms with E-state index in [-0.39, 0.29) is 0 Å². The van der Waals surface area contributed by atoms with Crippen molar-refractivity contribution >= 4 is 12.2 Å². The summed E-state index contributed by atoms with van der Waals surface area (Å²) in [4.78, 5) is 0. The summed E-state index contributed by atoms with van der Waals surface area (Å²) >= 11 is 0. The maximum atomic E-state index is 2.33. The van der Waals surface area contributed by atoms with Gasteiger partial charge >= 0.3 is 0 Å². The normalized spacial score (nSPS) is 11.3. The van der Waals surface area contributed by atoms with E-state index in [9.17, 15) is 0 Å². The van der Waals surface area contributed by atoms with Crippen molar-refractivity contribution in [2.75, 3.05) is 0 Å². The van der Waals surface area contributed by atoms with E-state index in [2.05, 4.69) is 109 Å². The lowest BCUT2D eigenvalue weighted by molar-refractivity contribution is 0.126. The monoisotopic (exact) mass is 352 g/mol. The minimum atomic E-state index is 0.446. The number of rotatable bonds is 3. The number of hydrogen-bond donors (Lipinski definition) is 0. The molecule has 144 valence electrons. The minimum absolute atomic E-state index is 0.446. The van der Waals surface area contributed by atoms with Crippen molar-refractivity contribution in [3.8, 4) is 0 Å². The molecule has 2 aromatic rings. The zero-order valence-electron chi connectivity index (χ0n) is 18.6. The summed E-state index contributed by atoms with van der Waals surface area (Å²) in [6, 6.07) is 18.9. The van der Waals surface area contributed by atoms with Crippen molar-refractivity contribution in [1.29, 1.82) is 0 Å². The van der Waals surface area contributed by atoms with Gasteiger partial charge in [0.15, 0.2) is 0 Å². The summed E-state index contributed by atoms with van der Waals surface area (Å²) in [5.41, 5.74) is 4.70. The van der Waals surface area contributed by atoms with Gasteiger partial charge in [-0.15, -0.1) is 0 Å². The fourth-order valence-corrected chi connectivity index (χ4v) is 1.96. The van der Waals surface area contributed by atoms with Crippen LogP contribution in [0.2, 0.25) is 0 Å². The second-order valence-corrected chi connectivity index (χ2v) is 8.14. The summed E-state index contributed by atoms with van der Waals surface area (Å²) in [6.45, 7) is 19.9. The molecule has 0 N–H and O–H groups in total. The lowest BCUT2D eigenvalue weighted by Crippen LogP contribution is -2.28. The van der Waals surface area contributed by atoms with Crippen molar-refractivity contribution in [3.05, 3.63) is 71.3 Å². The van der Waals surface area contributed by atoms with Crippen molar-refractivity contribution in [1.82, 2.24) is 0 Å². The van der Waals surface area contributed by atoms with E-state index in [1.807, 2.05) is 19.9 Å². The second-order valence-electron chi connectivity index (χ2n) is 8.14. The Morgan fingerprint density at radius 1 is 0.692 bits per heavy atom. The molecule has 0 aliphatic heterocycles. The van der Waals surface area contributed by atoms with Crippen LogP contribution in [-0.2, 0) is 0 Å². The molecular formula is C26H40. The van der Waals surface area contributed by atoms with Gasteiger partial charge in [-0.1, -0.05) is 134 Å². The van der Waals surface area contributed by atoms with Crippen molar-refractivity contribution in [3.63, 3.8) is 0 Å². The quantitative estimate of drug-likeness (QED) is 0.485. The molecule has 0 heteroatoms. The van der Waals surface area contributed by atoms with Crippen LogP contribution < -0.4 is 0 Å². The molecule has 0 heterocycles. The predicted octanol–water partition coefficient (Wildman–Crippen LogP) is 8.66. The Kier molecular flexibility index (Phi) is 10.9. The third-order valence-corrected chi connectivity index (χ3v) is 5.26. The molecule has 0 aliphatic rings. The fourth-order valence-electron chi connectivity index (χ4n) is 1.96. The van der Waals surface area contributed by atoms with E-state index in [1.54, 1.807) is 0 Å². The zero-order valence-corrected chi connectivity index (χ0v) is 18.6. The Hall–Kier alpha value is -1.82. The van der Waals surface area contributed by atoms with E-state index in [1.165, 1.54) is 23.1 Å².